The first kappa shape index (κ1) is 11.0. The van der Waals surface area contributed by atoms with Crippen LogP contribution in [0.4, 0.5) is 0 Å². The molecule has 2 rings (SSSR count). The van der Waals surface area contributed by atoms with Gasteiger partial charge in [-0.15, -0.1) is 0 Å². The largest absolute Gasteiger partial charge is 0.294 e. The number of rotatable bonds is 3. The Labute approximate surface area is 96.3 Å². The van der Waals surface area contributed by atoms with E-state index in [-0.39, 0.29) is 0 Å². The predicted octanol–water partition coefficient (Wildman–Crippen LogP) is 2.05. The van der Waals surface area contributed by atoms with E-state index in [0.717, 1.165) is 5.88 Å². The molecule has 0 unspecified atom stereocenters. The summed E-state index contributed by atoms with van der Waals surface area (Å²) in [6, 6.07) is 6.37. The van der Waals surface area contributed by atoms with Gasteiger partial charge >= 0.3 is 0 Å². The molecule has 0 atom stereocenters. The summed E-state index contributed by atoms with van der Waals surface area (Å²) in [5, 5.41) is 1.35. The van der Waals surface area contributed by atoms with Crippen molar-refractivity contribution in [3.63, 3.8) is 0 Å². The summed E-state index contributed by atoms with van der Waals surface area (Å²) in [5.41, 5.74) is 0. The zero-order chi connectivity index (χ0) is 10.5. The Morgan fingerprint density at radius 3 is 2.80 bits per heavy atom. The van der Waals surface area contributed by atoms with Gasteiger partial charge in [0.1, 0.15) is 7.05 Å². The van der Waals surface area contributed by atoms with Gasteiger partial charge in [0.2, 0.25) is 5.03 Å². The quantitative estimate of drug-likeness (QED) is 0.572. The molecule has 0 spiro atoms. The highest BCUT2D eigenvalue weighted by atomic mass is 32.2. The first-order valence-corrected chi connectivity index (χ1v) is 6.64. The Morgan fingerprint density at radius 1 is 1.27 bits per heavy atom. The minimum Gasteiger partial charge on any atom is -0.294 e. The highest BCUT2D eigenvalue weighted by molar-refractivity contribution is 7.99. The molecule has 2 heterocycles. The molecule has 0 amide bonds. The molecular formula is C12H19N2S+. The van der Waals surface area contributed by atoms with Crippen molar-refractivity contribution in [1.82, 2.24) is 4.90 Å². The molecule has 0 saturated carbocycles. The van der Waals surface area contributed by atoms with Crippen LogP contribution in [0, 0.1) is 0 Å². The van der Waals surface area contributed by atoms with Crippen molar-refractivity contribution in [2.24, 2.45) is 7.05 Å². The van der Waals surface area contributed by atoms with E-state index in [1.807, 2.05) is 11.8 Å². The number of aryl methyl sites for hydroxylation is 1. The van der Waals surface area contributed by atoms with E-state index in [4.69, 9.17) is 0 Å². The number of piperidine rings is 1. The Morgan fingerprint density at radius 2 is 2.07 bits per heavy atom. The van der Waals surface area contributed by atoms with Crippen molar-refractivity contribution < 1.29 is 4.57 Å². The van der Waals surface area contributed by atoms with E-state index in [1.54, 1.807) is 0 Å². The third-order valence-corrected chi connectivity index (χ3v) is 4.06. The predicted molar refractivity (Wildman–Crippen MR) is 63.8 cm³/mol. The molecule has 15 heavy (non-hydrogen) atoms. The minimum absolute atomic E-state index is 1.14. The lowest BCUT2D eigenvalue weighted by atomic mass is 10.1. The van der Waals surface area contributed by atoms with E-state index in [1.165, 1.54) is 37.4 Å². The van der Waals surface area contributed by atoms with E-state index in [9.17, 15) is 0 Å². The highest BCUT2D eigenvalue weighted by Gasteiger charge is 2.12. The van der Waals surface area contributed by atoms with E-state index < -0.39 is 0 Å². The van der Waals surface area contributed by atoms with Crippen LogP contribution in [0.2, 0.25) is 0 Å². The van der Waals surface area contributed by atoms with Gasteiger partial charge in [-0.3, -0.25) is 4.90 Å². The third-order valence-electron chi connectivity index (χ3n) is 2.85. The molecule has 1 fully saturated rings. The van der Waals surface area contributed by atoms with E-state index >= 15 is 0 Å². The maximum Gasteiger partial charge on any atom is 0.241 e. The number of thioether (sulfide) groups is 1. The Balaban J connectivity index is 1.84. The fraction of sp³-hybridized carbons (Fsp3) is 0.583. The van der Waals surface area contributed by atoms with Crippen molar-refractivity contribution in [2.45, 2.75) is 24.3 Å². The standard InChI is InChI=1S/C12H19N2S/c1-13-8-6-3-7-12(13)15-11-14-9-4-2-5-10-14/h3,6-8H,2,4-5,9-11H2,1H3/q+1. The smallest absolute Gasteiger partial charge is 0.241 e. The van der Waals surface area contributed by atoms with Crippen molar-refractivity contribution in [3.8, 4) is 0 Å². The van der Waals surface area contributed by atoms with Crippen LogP contribution in [-0.2, 0) is 7.05 Å². The molecule has 2 nitrogen and oxygen atoms in total. The molecule has 1 aliphatic heterocycles. The zero-order valence-corrected chi connectivity index (χ0v) is 10.2. The summed E-state index contributed by atoms with van der Waals surface area (Å²) in [7, 11) is 2.11. The molecular weight excluding hydrogens is 204 g/mol. The van der Waals surface area contributed by atoms with Gasteiger partial charge in [-0.2, -0.15) is 4.57 Å². The number of likely N-dealkylation sites (tertiary alicyclic amines) is 1. The van der Waals surface area contributed by atoms with Gasteiger partial charge in [0.15, 0.2) is 6.20 Å². The van der Waals surface area contributed by atoms with Gasteiger partial charge in [-0.1, -0.05) is 6.42 Å². The van der Waals surface area contributed by atoms with Crippen LogP contribution in [0.25, 0.3) is 0 Å². The average Bonchev–Trinajstić information content (AvgIpc) is 2.29. The van der Waals surface area contributed by atoms with Gasteiger partial charge in [0.05, 0.1) is 5.88 Å². The molecule has 0 radical (unpaired) electrons. The minimum atomic E-state index is 1.14. The summed E-state index contributed by atoms with van der Waals surface area (Å²) >= 11 is 1.94. The summed E-state index contributed by atoms with van der Waals surface area (Å²) < 4.78 is 2.19. The average molecular weight is 223 g/mol. The molecule has 0 bridgehead atoms. The fourth-order valence-electron chi connectivity index (χ4n) is 1.90. The molecule has 3 heteroatoms. The molecule has 1 aromatic rings. The first-order chi connectivity index (χ1) is 7.36. The van der Waals surface area contributed by atoms with Gasteiger partial charge < -0.3 is 0 Å². The molecule has 0 aromatic carbocycles. The number of aromatic nitrogens is 1. The van der Waals surface area contributed by atoms with Crippen molar-refractivity contribution in [1.29, 1.82) is 0 Å². The monoisotopic (exact) mass is 223 g/mol. The van der Waals surface area contributed by atoms with Crippen LogP contribution in [0.3, 0.4) is 0 Å². The van der Waals surface area contributed by atoms with Crippen LogP contribution < -0.4 is 4.57 Å². The van der Waals surface area contributed by atoms with Crippen LogP contribution in [0.5, 0.6) is 0 Å². The second kappa shape index (κ2) is 5.52. The van der Waals surface area contributed by atoms with E-state index in [2.05, 4.69) is 40.9 Å². The van der Waals surface area contributed by atoms with E-state index in [0.29, 0.717) is 0 Å². The maximum absolute atomic E-state index is 2.56. The molecule has 82 valence electrons. The lowest BCUT2D eigenvalue weighted by molar-refractivity contribution is -0.708. The third kappa shape index (κ3) is 3.21. The Bertz CT molecular complexity index is 308. The van der Waals surface area contributed by atoms with Gasteiger partial charge in [-0.05, 0) is 43.8 Å². The highest BCUT2D eigenvalue weighted by Crippen LogP contribution is 2.17. The number of nitrogens with zero attached hydrogens (tertiary/aromatic N) is 2. The van der Waals surface area contributed by atoms with Crippen molar-refractivity contribution in [2.75, 3.05) is 19.0 Å². The number of hydrogen-bond acceptors (Lipinski definition) is 2. The van der Waals surface area contributed by atoms with Crippen LogP contribution in [0.1, 0.15) is 19.3 Å². The van der Waals surface area contributed by atoms with Crippen LogP contribution in [0.15, 0.2) is 29.4 Å². The summed E-state index contributed by atoms with van der Waals surface area (Å²) in [5.74, 6) is 1.14. The normalized spacial score (nSPS) is 17.9. The molecule has 1 aromatic heterocycles. The number of pyridine rings is 1. The lowest BCUT2D eigenvalue weighted by Crippen LogP contribution is -2.33. The van der Waals surface area contributed by atoms with Gasteiger partial charge in [0.25, 0.3) is 0 Å². The molecule has 0 aliphatic carbocycles. The Kier molecular flexibility index (Phi) is 4.03. The van der Waals surface area contributed by atoms with Crippen molar-refractivity contribution in [3.05, 3.63) is 24.4 Å². The summed E-state index contributed by atoms with van der Waals surface area (Å²) in [4.78, 5) is 2.56. The molecule has 1 saturated heterocycles. The summed E-state index contributed by atoms with van der Waals surface area (Å²) in [6.07, 6.45) is 6.28. The Hall–Kier alpha value is -0.540. The summed E-state index contributed by atoms with van der Waals surface area (Å²) in [6.45, 7) is 2.56. The number of hydrogen-bond donors (Lipinski definition) is 0. The van der Waals surface area contributed by atoms with Crippen LogP contribution >= 0.6 is 11.8 Å². The molecule has 0 N–H and O–H groups in total. The second-order valence-corrected chi connectivity index (χ2v) is 5.07. The van der Waals surface area contributed by atoms with Gasteiger partial charge in [-0.25, -0.2) is 0 Å². The maximum atomic E-state index is 2.56. The van der Waals surface area contributed by atoms with Crippen molar-refractivity contribution >= 4 is 11.8 Å². The SMILES string of the molecule is C[n+]1ccccc1SCN1CCCCC1. The molecule has 1 aliphatic rings. The topological polar surface area (TPSA) is 7.12 Å². The zero-order valence-electron chi connectivity index (χ0n) is 9.35. The second-order valence-electron chi connectivity index (χ2n) is 4.10. The fourth-order valence-corrected chi connectivity index (χ4v) is 2.92. The van der Waals surface area contributed by atoms with Crippen LogP contribution in [-0.4, -0.2) is 23.9 Å². The lowest BCUT2D eigenvalue weighted by Gasteiger charge is -2.25. The van der Waals surface area contributed by atoms with Gasteiger partial charge in [0, 0.05) is 12.1 Å². The first-order valence-electron chi connectivity index (χ1n) is 5.66.